The Morgan fingerprint density at radius 1 is 1.55 bits per heavy atom. The van der Waals surface area contributed by atoms with Crippen molar-refractivity contribution in [1.82, 2.24) is 4.90 Å². The van der Waals surface area contributed by atoms with E-state index in [4.69, 9.17) is 0 Å². The van der Waals surface area contributed by atoms with Gasteiger partial charge in [0.15, 0.2) is 0 Å². The number of carbonyl (C=O) groups is 2. The van der Waals surface area contributed by atoms with E-state index in [0.717, 1.165) is 0 Å². The summed E-state index contributed by atoms with van der Waals surface area (Å²) < 4.78 is 12.5. The molecule has 0 aromatic heterocycles. The number of ketones is 1. The fraction of sp³-hybridized carbons (Fsp3) is 0.714. The minimum atomic E-state index is -0.946. The number of Topliss-reactive ketones (excluding diaryl/α,β-unsaturated/α-hetero) is 1. The van der Waals surface area contributed by atoms with Gasteiger partial charge in [0.05, 0.1) is 6.54 Å². The molecule has 0 spiro atoms. The zero-order valence-electron chi connectivity index (χ0n) is 6.34. The maximum atomic E-state index is 12.5. The van der Waals surface area contributed by atoms with E-state index in [-0.39, 0.29) is 6.54 Å². The molecule has 1 saturated heterocycles. The first-order chi connectivity index (χ1) is 5.11. The molecule has 11 heavy (non-hydrogen) atoms. The van der Waals surface area contributed by atoms with Crippen molar-refractivity contribution >= 4 is 11.7 Å². The summed E-state index contributed by atoms with van der Waals surface area (Å²) in [6, 6.07) is 0. The summed E-state index contributed by atoms with van der Waals surface area (Å²) in [5, 5.41) is 0. The van der Waals surface area contributed by atoms with Gasteiger partial charge >= 0.3 is 0 Å². The van der Waals surface area contributed by atoms with Crippen molar-refractivity contribution in [3.8, 4) is 0 Å². The molecule has 0 aromatic rings. The predicted molar refractivity (Wildman–Crippen MR) is 36.8 cm³/mol. The van der Waals surface area contributed by atoms with Crippen molar-refractivity contribution in [1.29, 1.82) is 0 Å². The highest BCUT2D eigenvalue weighted by Crippen LogP contribution is 2.11. The molecule has 3 nitrogen and oxygen atoms in total. The van der Waals surface area contributed by atoms with Crippen molar-refractivity contribution in [2.75, 3.05) is 13.1 Å². The molecule has 0 aliphatic carbocycles. The predicted octanol–water partition coefficient (Wildman–Crippen LogP) is 0.146. The Hall–Kier alpha value is -0.930. The molecule has 1 atom stereocenters. The Balaban J connectivity index is 2.50. The Morgan fingerprint density at radius 2 is 2.18 bits per heavy atom. The lowest BCUT2D eigenvalue weighted by Crippen LogP contribution is -2.33. The summed E-state index contributed by atoms with van der Waals surface area (Å²) in [4.78, 5) is 22.7. The number of hydrogen-bond acceptors (Lipinski definition) is 2. The molecule has 1 amide bonds. The van der Waals surface area contributed by atoms with Crippen LogP contribution in [0.1, 0.15) is 13.3 Å². The van der Waals surface area contributed by atoms with Gasteiger partial charge in [0.2, 0.25) is 5.78 Å². The molecule has 62 valence electrons. The summed E-state index contributed by atoms with van der Waals surface area (Å²) >= 11 is 0. The van der Waals surface area contributed by atoms with E-state index in [1.54, 1.807) is 0 Å². The third-order valence-electron chi connectivity index (χ3n) is 1.72. The minimum absolute atomic E-state index is 0.0818. The lowest BCUT2D eigenvalue weighted by Gasteiger charge is -2.11. The lowest BCUT2D eigenvalue weighted by atomic mass is 10.3. The SMILES string of the molecule is CC(=O)C(=O)N1CC[C@H](F)C1. The van der Waals surface area contributed by atoms with Gasteiger partial charge in [-0.05, 0) is 6.42 Å². The normalized spacial score (nSPS) is 23.8. The van der Waals surface area contributed by atoms with Gasteiger partial charge in [-0.2, -0.15) is 0 Å². The molecule has 1 aliphatic heterocycles. The molecular weight excluding hydrogens is 149 g/mol. The fourth-order valence-corrected chi connectivity index (χ4v) is 1.12. The van der Waals surface area contributed by atoms with E-state index in [9.17, 15) is 14.0 Å². The summed E-state index contributed by atoms with van der Waals surface area (Å²) in [5.41, 5.74) is 0. The van der Waals surface area contributed by atoms with Gasteiger partial charge in [-0.15, -0.1) is 0 Å². The highest BCUT2D eigenvalue weighted by molar-refractivity contribution is 6.35. The van der Waals surface area contributed by atoms with Gasteiger partial charge in [-0.1, -0.05) is 0 Å². The molecule has 0 radical (unpaired) electrons. The zero-order valence-corrected chi connectivity index (χ0v) is 6.34. The third-order valence-corrected chi connectivity index (χ3v) is 1.72. The van der Waals surface area contributed by atoms with Crippen LogP contribution in [0.4, 0.5) is 4.39 Å². The Kier molecular flexibility index (Phi) is 2.22. The van der Waals surface area contributed by atoms with Crippen LogP contribution in [-0.4, -0.2) is 35.9 Å². The first-order valence-corrected chi connectivity index (χ1v) is 3.55. The maximum absolute atomic E-state index is 12.5. The second-order valence-corrected chi connectivity index (χ2v) is 2.69. The fourth-order valence-electron chi connectivity index (χ4n) is 1.12. The van der Waals surface area contributed by atoms with Crippen LogP contribution in [0.25, 0.3) is 0 Å². The quantitative estimate of drug-likeness (QED) is 0.510. The molecule has 0 saturated carbocycles. The highest BCUT2D eigenvalue weighted by atomic mass is 19.1. The number of likely N-dealkylation sites (tertiary alicyclic amines) is 1. The number of halogens is 1. The van der Waals surface area contributed by atoms with Crippen LogP contribution in [0, 0.1) is 0 Å². The second kappa shape index (κ2) is 2.98. The molecule has 1 aliphatic rings. The van der Waals surface area contributed by atoms with Gasteiger partial charge < -0.3 is 4.90 Å². The van der Waals surface area contributed by atoms with Crippen LogP contribution in [0.15, 0.2) is 0 Å². The summed E-state index contributed by atoms with van der Waals surface area (Å²) in [6.45, 7) is 1.66. The van der Waals surface area contributed by atoms with Crippen molar-refractivity contribution in [3.63, 3.8) is 0 Å². The average molecular weight is 159 g/mol. The van der Waals surface area contributed by atoms with E-state index in [0.29, 0.717) is 13.0 Å². The van der Waals surface area contributed by atoms with Gasteiger partial charge in [0.25, 0.3) is 5.91 Å². The monoisotopic (exact) mass is 159 g/mol. The maximum Gasteiger partial charge on any atom is 0.289 e. The van der Waals surface area contributed by atoms with Crippen LogP contribution in [0.5, 0.6) is 0 Å². The molecule has 0 aromatic carbocycles. The van der Waals surface area contributed by atoms with Crippen LogP contribution in [0.3, 0.4) is 0 Å². The summed E-state index contributed by atoms with van der Waals surface area (Å²) in [5.74, 6) is -1.08. The molecule has 1 heterocycles. The standard InChI is InChI=1S/C7H10FNO2/c1-5(10)7(11)9-3-2-6(8)4-9/h6H,2-4H2,1H3/t6-/m0/s1. The van der Waals surface area contributed by atoms with Crippen molar-refractivity contribution in [3.05, 3.63) is 0 Å². The van der Waals surface area contributed by atoms with E-state index in [2.05, 4.69) is 0 Å². The molecule has 1 rings (SSSR count). The zero-order chi connectivity index (χ0) is 8.43. The van der Waals surface area contributed by atoms with Crippen LogP contribution in [0.2, 0.25) is 0 Å². The van der Waals surface area contributed by atoms with Gasteiger partial charge in [0, 0.05) is 13.5 Å². The molecule has 0 N–H and O–H groups in total. The number of amides is 1. The van der Waals surface area contributed by atoms with Crippen LogP contribution >= 0.6 is 0 Å². The first kappa shape index (κ1) is 8.17. The average Bonchev–Trinajstić information content (AvgIpc) is 2.34. The van der Waals surface area contributed by atoms with Crippen molar-refractivity contribution < 1.29 is 14.0 Å². The van der Waals surface area contributed by atoms with E-state index in [1.165, 1.54) is 11.8 Å². The number of rotatable bonds is 1. The Bertz CT molecular complexity index is 193. The van der Waals surface area contributed by atoms with Gasteiger partial charge in [-0.25, -0.2) is 4.39 Å². The summed E-state index contributed by atoms with van der Waals surface area (Å²) in [7, 11) is 0. The van der Waals surface area contributed by atoms with E-state index in [1.807, 2.05) is 0 Å². The smallest absolute Gasteiger partial charge is 0.289 e. The third kappa shape index (κ3) is 1.76. The van der Waals surface area contributed by atoms with Crippen LogP contribution < -0.4 is 0 Å². The Labute approximate surface area is 64.2 Å². The summed E-state index contributed by atoms with van der Waals surface area (Å²) in [6.07, 6.45) is -0.586. The largest absolute Gasteiger partial charge is 0.333 e. The highest BCUT2D eigenvalue weighted by Gasteiger charge is 2.27. The minimum Gasteiger partial charge on any atom is -0.333 e. The van der Waals surface area contributed by atoms with E-state index < -0.39 is 17.9 Å². The van der Waals surface area contributed by atoms with Crippen molar-refractivity contribution in [2.24, 2.45) is 0 Å². The molecular formula is C7H10FNO2. The topological polar surface area (TPSA) is 37.4 Å². The lowest BCUT2D eigenvalue weighted by molar-refractivity contribution is -0.142. The number of alkyl halides is 1. The molecule has 0 unspecified atom stereocenters. The second-order valence-electron chi connectivity index (χ2n) is 2.69. The molecule has 0 bridgehead atoms. The van der Waals surface area contributed by atoms with Crippen LogP contribution in [-0.2, 0) is 9.59 Å². The number of carbonyl (C=O) groups excluding carboxylic acids is 2. The van der Waals surface area contributed by atoms with Gasteiger partial charge in [-0.3, -0.25) is 9.59 Å². The first-order valence-electron chi connectivity index (χ1n) is 3.55. The molecule has 1 fully saturated rings. The van der Waals surface area contributed by atoms with Crippen molar-refractivity contribution in [2.45, 2.75) is 19.5 Å². The number of hydrogen-bond donors (Lipinski definition) is 0. The molecule has 4 heteroatoms. The van der Waals surface area contributed by atoms with E-state index >= 15 is 0 Å². The van der Waals surface area contributed by atoms with Gasteiger partial charge in [0.1, 0.15) is 6.17 Å². The Morgan fingerprint density at radius 3 is 2.55 bits per heavy atom. The number of nitrogens with zero attached hydrogens (tertiary/aromatic N) is 1.